The van der Waals surface area contributed by atoms with E-state index in [0.29, 0.717) is 41.6 Å². The fourth-order valence-electron chi connectivity index (χ4n) is 10.2. The van der Waals surface area contributed by atoms with E-state index in [4.69, 9.17) is 9.47 Å². The van der Waals surface area contributed by atoms with Gasteiger partial charge in [0.05, 0.1) is 0 Å². The Labute approximate surface area is 237 Å². The lowest BCUT2D eigenvalue weighted by Gasteiger charge is -2.70. The SMILES string of the molecule is CC[C@@]1(C)CCC[C@]2(C)[C@H]3C[C@H](OC(=O)CCC(C)C)[C@]4(C)C=C(C(C)=O)[C@H](OC(C)=O)C[C@H]4[C@]3(C)CC[C@@H]12. The number of esters is 2. The number of hydrogen-bond acceptors (Lipinski definition) is 5. The van der Waals surface area contributed by atoms with Gasteiger partial charge in [0.2, 0.25) is 0 Å². The monoisotopic (exact) mass is 542 g/mol. The van der Waals surface area contributed by atoms with Crippen LogP contribution in [0.1, 0.15) is 127 Å². The molecule has 0 amide bonds. The number of hydrogen-bond donors (Lipinski definition) is 0. The second-order valence-corrected chi connectivity index (χ2v) is 15.1. The van der Waals surface area contributed by atoms with Crippen LogP contribution in [0.15, 0.2) is 11.6 Å². The van der Waals surface area contributed by atoms with Crippen molar-refractivity contribution in [3.63, 3.8) is 0 Å². The van der Waals surface area contributed by atoms with E-state index < -0.39 is 11.5 Å². The van der Waals surface area contributed by atoms with Crippen LogP contribution in [0, 0.1) is 45.3 Å². The van der Waals surface area contributed by atoms with Crippen molar-refractivity contribution in [3.8, 4) is 0 Å². The van der Waals surface area contributed by atoms with Crippen molar-refractivity contribution in [2.24, 2.45) is 45.3 Å². The summed E-state index contributed by atoms with van der Waals surface area (Å²) < 4.78 is 12.3. The van der Waals surface area contributed by atoms with Crippen molar-refractivity contribution in [1.29, 1.82) is 0 Å². The van der Waals surface area contributed by atoms with E-state index in [0.717, 1.165) is 19.3 Å². The molecule has 0 aromatic rings. The van der Waals surface area contributed by atoms with E-state index >= 15 is 0 Å². The van der Waals surface area contributed by atoms with Gasteiger partial charge in [0.15, 0.2) is 5.78 Å². The summed E-state index contributed by atoms with van der Waals surface area (Å²) in [5.41, 5.74) is 0.589. The smallest absolute Gasteiger partial charge is 0.306 e. The molecule has 3 fully saturated rings. The van der Waals surface area contributed by atoms with Crippen molar-refractivity contribution in [3.05, 3.63) is 11.6 Å². The average molecular weight is 543 g/mol. The highest BCUT2D eigenvalue weighted by atomic mass is 16.5. The van der Waals surface area contributed by atoms with Gasteiger partial charge >= 0.3 is 11.9 Å². The van der Waals surface area contributed by atoms with Crippen LogP contribution < -0.4 is 0 Å². The summed E-state index contributed by atoms with van der Waals surface area (Å²) in [5.74, 6) is 1.08. The van der Waals surface area contributed by atoms with Crippen molar-refractivity contribution in [1.82, 2.24) is 0 Å². The van der Waals surface area contributed by atoms with Crippen molar-refractivity contribution in [2.45, 2.75) is 139 Å². The zero-order valence-electron chi connectivity index (χ0n) is 26.2. The van der Waals surface area contributed by atoms with Crippen molar-refractivity contribution < 1.29 is 23.9 Å². The van der Waals surface area contributed by atoms with Crippen LogP contribution in [0.4, 0.5) is 0 Å². The minimum absolute atomic E-state index is 0.00402. The third kappa shape index (κ3) is 5.14. The van der Waals surface area contributed by atoms with Gasteiger partial charge in [-0.05, 0) is 91.8 Å². The van der Waals surface area contributed by atoms with Gasteiger partial charge in [-0.3, -0.25) is 14.4 Å². The third-order valence-electron chi connectivity index (χ3n) is 12.3. The molecule has 4 aliphatic carbocycles. The molecule has 0 radical (unpaired) electrons. The molecule has 0 N–H and O–H groups in total. The fourth-order valence-corrected chi connectivity index (χ4v) is 10.2. The number of fused-ring (bicyclic) bond motifs is 5. The first kappa shape index (κ1) is 30.3. The molecular formula is C34H54O5. The van der Waals surface area contributed by atoms with E-state index in [2.05, 4.69) is 54.5 Å². The topological polar surface area (TPSA) is 69.7 Å². The summed E-state index contributed by atoms with van der Waals surface area (Å²) in [7, 11) is 0. The minimum atomic E-state index is -0.538. The first-order valence-electron chi connectivity index (χ1n) is 15.7. The molecule has 3 saturated carbocycles. The molecule has 0 aromatic heterocycles. The Hall–Kier alpha value is -1.65. The van der Waals surface area contributed by atoms with Crippen molar-refractivity contribution >= 4 is 17.7 Å². The molecule has 0 unspecified atom stereocenters. The molecule has 220 valence electrons. The Balaban J connectivity index is 1.81. The molecule has 0 heterocycles. The highest BCUT2D eigenvalue weighted by Gasteiger charge is 2.68. The molecule has 4 aliphatic rings. The lowest BCUT2D eigenvalue weighted by atomic mass is 9.35. The molecule has 39 heavy (non-hydrogen) atoms. The number of rotatable bonds is 7. The zero-order valence-corrected chi connectivity index (χ0v) is 26.2. The largest absolute Gasteiger partial charge is 0.461 e. The second-order valence-electron chi connectivity index (χ2n) is 15.1. The maximum atomic E-state index is 13.2. The lowest BCUT2D eigenvalue weighted by molar-refractivity contribution is -0.230. The van der Waals surface area contributed by atoms with Gasteiger partial charge in [-0.15, -0.1) is 0 Å². The van der Waals surface area contributed by atoms with Crippen LogP contribution in [-0.2, 0) is 23.9 Å². The number of carbonyl (C=O) groups is 3. The van der Waals surface area contributed by atoms with Crippen LogP contribution in [0.3, 0.4) is 0 Å². The van der Waals surface area contributed by atoms with Crippen molar-refractivity contribution in [2.75, 3.05) is 0 Å². The van der Waals surface area contributed by atoms with Gasteiger partial charge in [0, 0.05) is 24.3 Å². The number of carbonyl (C=O) groups excluding carboxylic acids is 3. The van der Waals surface area contributed by atoms with Gasteiger partial charge in [0.25, 0.3) is 0 Å². The third-order valence-corrected chi connectivity index (χ3v) is 12.3. The van der Waals surface area contributed by atoms with E-state index in [1.165, 1.54) is 39.0 Å². The molecule has 5 heteroatoms. The summed E-state index contributed by atoms with van der Waals surface area (Å²) in [5, 5.41) is 0. The van der Waals surface area contributed by atoms with Crippen LogP contribution >= 0.6 is 0 Å². The lowest BCUT2D eigenvalue weighted by Crippen LogP contribution is -2.66. The van der Waals surface area contributed by atoms with Crippen LogP contribution in [-0.4, -0.2) is 29.9 Å². The number of Topliss-reactive ketones (excluding diaryl/α,β-unsaturated/α-hetero) is 1. The predicted molar refractivity (Wildman–Crippen MR) is 154 cm³/mol. The summed E-state index contributed by atoms with van der Waals surface area (Å²) in [6, 6.07) is 0. The Morgan fingerprint density at radius 3 is 2.18 bits per heavy atom. The molecule has 9 atom stereocenters. The minimum Gasteiger partial charge on any atom is -0.461 e. The summed E-state index contributed by atoms with van der Waals surface area (Å²) in [4.78, 5) is 38.2. The fraction of sp³-hybridized carbons (Fsp3) is 0.853. The summed E-state index contributed by atoms with van der Waals surface area (Å²) >= 11 is 0. The normalized spacial score (nSPS) is 43.4. The van der Waals surface area contributed by atoms with Crippen LogP contribution in [0.25, 0.3) is 0 Å². The van der Waals surface area contributed by atoms with Crippen LogP contribution in [0.2, 0.25) is 0 Å². The van der Waals surface area contributed by atoms with E-state index in [-0.39, 0.29) is 40.6 Å². The molecule has 0 aliphatic heterocycles. The number of ketones is 1. The molecule has 0 spiro atoms. The quantitative estimate of drug-likeness (QED) is 0.306. The predicted octanol–water partition coefficient (Wildman–Crippen LogP) is 7.85. The molecule has 0 aromatic carbocycles. The van der Waals surface area contributed by atoms with Gasteiger partial charge in [0.1, 0.15) is 12.2 Å². The first-order chi connectivity index (χ1) is 18.1. The van der Waals surface area contributed by atoms with Gasteiger partial charge in [-0.2, -0.15) is 0 Å². The highest BCUT2D eigenvalue weighted by molar-refractivity contribution is 5.95. The molecule has 0 saturated heterocycles. The highest BCUT2D eigenvalue weighted by Crippen LogP contribution is 2.73. The summed E-state index contributed by atoms with van der Waals surface area (Å²) in [6.45, 7) is 19.3. The maximum Gasteiger partial charge on any atom is 0.306 e. The second kappa shape index (κ2) is 10.6. The Kier molecular flexibility index (Phi) is 8.27. The summed E-state index contributed by atoms with van der Waals surface area (Å²) in [6.07, 6.45) is 11.2. The molecule has 5 nitrogen and oxygen atoms in total. The standard InChI is InChI=1S/C34H54O5/c1-10-31(6)15-11-16-32(7)26(31)14-17-33(8)27-18-25(38-23(5)36)24(22(4)35)20-34(27,9)29(19-28(32)33)39-30(37)13-12-21(2)3/h20-21,25-29H,10-19H2,1-9H3/t25-,26+,27+,28-,29+,31+,32+,33+,34-/m1/s1. The van der Waals surface area contributed by atoms with E-state index in [9.17, 15) is 14.4 Å². The molecule has 0 bridgehead atoms. The first-order valence-corrected chi connectivity index (χ1v) is 15.7. The van der Waals surface area contributed by atoms with E-state index in [1.54, 1.807) is 6.92 Å². The number of ether oxygens (including phenoxy) is 2. The average Bonchev–Trinajstić information content (AvgIpc) is 2.84. The van der Waals surface area contributed by atoms with Gasteiger partial charge in [-0.1, -0.05) is 67.4 Å². The Bertz CT molecular complexity index is 1010. The maximum absolute atomic E-state index is 13.2. The molecular weight excluding hydrogens is 488 g/mol. The van der Waals surface area contributed by atoms with Gasteiger partial charge < -0.3 is 9.47 Å². The van der Waals surface area contributed by atoms with Gasteiger partial charge in [-0.25, -0.2) is 0 Å². The zero-order chi connectivity index (χ0) is 29.0. The van der Waals surface area contributed by atoms with E-state index in [1.807, 2.05) is 0 Å². The van der Waals surface area contributed by atoms with Crippen LogP contribution in [0.5, 0.6) is 0 Å². The Morgan fingerprint density at radius 1 is 0.923 bits per heavy atom. The molecule has 4 rings (SSSR count). The Morgan fingerprint density at radius 2 is 1.59 bits per heavy atom.